The average molecular weight is 372 g/mol. The Morgan fingerprint density at radius 1 is 1.00 bits per heavy atom. The molecule has 26 heavy (non-hydrogen) atoms. The largest absolute Gasteiger partial charge is 0.352 e. The van der Waals surface area contributed by atoms with E-state index in [0.717, 1.165) is 42.8 Å². The number of benzene rings is 1. The third kappa shape index (κ3) is 3.21. The summed E-state index contributed by atoms with van der Waals surface area (Å²) in [6.07, 6.45) is 4.14. The molecule has 1 aromatic heterocycles. The van der Waals surface area contributed by atoms with E-state index in [1.165, 1.54) is 5.56 Å². The lowest BCUT2D eigenvalue weighted by molar-refractivity contribution is 0.383. The molecule has 1 fully saturated rings. The minimum atomic E-state index is -3.43. The highest BCUT2D eigenvalue weighted by atomic mass is 32.2. The summed E-state index contributed by atoms with van der Waals surface area (Å²) in [5.74, 6) is 0.870. The van der Waals surface area contributed by atoms with Gasteiger partial charge >= 0.3 is 0 Å². The third-order valence-corrected chi connectivity index (χ3v) is 7.25. The van der Waals surface area contributed by atoms with Gasteiger partial charge in [0.2, 0.25) is 10.0 Å². The molecule has 138 valence electrons. The van der Waals surface area contributed by atoms with Crippen LogP contribution in [0.25, 0.3) is 0 Å². The molecule has 1 aromatic carbocycles. The van der Waals surface area contributed by atoms with E-state index in [-0.39, 0.29) is 0 Å². The first-order valence-electron chi connectivity index (χ1n) is 9.27. The molecule has 4 rings (SSSR count). The Bertz CT molecular complexity index is 888. The summed E-state index contributed by atoms with van der Waals surface area (Å²) in [5, 5.41) is 8.69. The lowest BCUT2D eigenvalue weighted by atomic mass is 10.2. The molecular weight excluding hydrogens is 348 g/mol. The predicted octanol–water partition coefficient (Wildman–Crippen LogP) is 2.04. The Kier molecular flexibility index (Phi) is 4.67. The van der Waals surface area contributed by atoms with E-state index in [9.17, 15) is 8.42 Å². The molecule has 0 amide bonds. The number of aryl methyl sites for hydroxylation is 3. The number of aromatic nitrogens is 2. The molecule has 0 atom stereocenters. The minimum absolute atomic E-state index is 0.375. The molecule has 0 N–H and O–H groups in total. The Labute approximate surface area is 154 Å². The normalized spacial score (nSPS) is 18.1. The summed E-state index contributed by atoms with van der Waals surface area (Å²) in [6.45, 7) is 4.28. The summed E-state index contributed by atoms with van der Waals surface area (Å²) in [6, 6.07) is 9.34. The van der Waals surface area contributed by atoms with Crippen molar-refractivity contribution in [3.8, 4) is 0 Å². The van der Waals surface area contributed by atoms with Gasteiger partial charge in [0.05, 0.1) is 10.6 Å². The maximum absolute atomic E-state index is 12.9. The summed E-state index contributed by atoms with van der Waals surface area (Å²) in [4.78, 5) is 2.51. The fourth-order valence-electron chi connectivity index (χ4n) is 3.68. The van der Waals surface area contributed by atoms with Crippen LogP contribution in [-0.4, -0.2) is 49.1 Å². The van der Waals surface area contributed by atoms with Gasteiger partial charge < -0.3 is 4.90 Å². The highest BCUT2D eigenvalue weighted by Gasteiger charge is 2.29. The van der Waals surface area contributed by atoms with Crippen molar-refractivity contribution in [1.29, 1.82) is 0 Å². The molecule has 1 saturated heterocycles. The maximum atomic E-state index is 12.9. The number of rotatable bonds is 4. The van der Waals surface area contributed by atoms with Gasteiger partial charge in [-0.15, -0.1) is 5.10 Å². The van der Waals surface area contributed by atoms with Crippen LogP contribution in [0.15, 0.2) is 35.2 Å². The van der Waals surface area contributed by atoms with Crippen LogP contribution in [0.1, 0.15) is 30.2 Å². The molecule has 2 aliphatic rings. The van der Waals surface area contributed by atoms with Crippen molar-refractivity contribution in [2.45, 2.75) is 37.5 Å². The van der Waals surface area contributed by atoms with Gasteiger partial charge in [-0.05, 0) is 55.0 Å². The topological polar surface area (TPSA) is 66.4 Å². The van der Waals surface area contributed by atoms with Crippen molar-refractivity contribution in [1.82, 2.24) is 14.5 Å². The number of nitrogens with zero attached hydrogens (tertiary/aromatic N) is 4. The SMILES string of the molecule is CCc1ccc(S(=O)(=O)N2CCN(c3cc4c(nn3)CCC4)CC2)cc1. The molecule has 1 aliphatic carbocycles. The Balaban J connectivity index is 1.45. The molecular formula is C19H24N4O2S. The molecule has 2 aromatic rings. The molecule has 0 unspecified atom stereocenters. The number of anilines is 1. The van der Waals surface area contributed by atoms with Gasteiger partial charge in [0.25, 0.3) is 0 Å². The van der Waals surface area contributed by atoms with Crippen LogP contribution in [0.5, 0.6) is 0 Å². The highest BCUT2D eigenvalue weighted by molar-refractivity contribution is 7.89. The van der Waals surface area contributed by atoms with E-state index < -0.39 is 10.0 Å². The van der Waals surface area contributed by atoms with Crippen LogP contribution >= 0.6 is 0 Å². The van der Waals surface area contributed by atoms with Crippen LogP contribution in [0, 0.1) is 0 Å². The predicted molar refractivity (Wildman–Crippen MR) is 101 cm³/mol. The first-order chi connectivity index (χ1) is 12.6. The quantitative estimate of drug-likeness (QED) is 0.822. The van der Waals surface area contributed by atoms with E-state index in [4.69, 9.17) is 0 Å². The van der Waals surface area contributed by atoms with E-state index >= 15 is 0 Å². The highest BCUT2D eigenvalue weighted by Crippen LogP contribution is 2.24. The Morgan fingerprint density at radius 3 is 2.42 bits per heavy atom. The molecule has 0 bridgehead atoms. The molecule has 6 nitrogen and oxygen atoms in total. The second-order valence-electron chi connectivity index (χ2n) is 6.92. The van der Waals surface area contributed by atoms with Crippen molar-refractivity contribution in [3.63, 3.8) is 0 Å². The van der Waals surface area contributed by atoms with Gasteiger partial charge in [-0.3, -0.25) is 0 Å². The summed E-state index contributed by atoms with van der Waals surface area (Å²) < 4.78 is 27.3. The molecule has 2 heterocycles. The van der Waals surface area contributed by atoms with E-state index in [2.05, 4.69) is 28.1 Å². The molecule has 1 aliphatic heterocycles. The molecule has 0 saturated carbocycles. The second-order valence-corrected chi connectivity index (χ2v) is 8.85. The van der Waals surface area contributed by atoms with Crippen molar-refractivity contribution < 1.29 is 8.42 Å². The van der Waals surface area contributed by atoms with Gasteiger partial charge in [-0.25, -0.2) is 8.42 Å². The van der Waals surface area contributed by atoms with Gasteiger partial charge in [0.1, 0.15) is 0 Å². The van der Waals surface area contributed by atoms with Crippen molar-refractivity contribution in [3.05, 3.63) is 47.2 Å². The zero-order valence-electron chi connectivity index (χ0n) is 15.1. The lowest BCUT2D eigenvalue weighted by Crippen LogP contribution is -2.49. The minimum Gasteiger partial charge on any atom is -0.352 e. The summed E-state index contributed by atoms with van der Waals surface area (Å²) in [5.41, 5.74) is 3.55. The van der Waals surface area contributed by atoms with Gasteiger partial charge in [0, 0.05) is 26.2 Å². The standard InChI is InChI=1S/C19H24N4O2S/c1-2-15-6-8-17(9-7-15)26(24,25)23-12-10-22(11-13-23)19-14-16-4-3-5-18(16)20-21-19/h6-9,14H,2-5,10-13H2,1H3. The summed E-state index contributed by atoms with van der Waals surface area (Å²) >= 11 is 0. The van der Waals surface area contributed by atoms with E-state index in [1.54, 1.807) is 16.4 Å². The van der Waals surface area contributed by atoms with Crippen LogP contribution in [0.3, 0.4) is 0 Å². The Hall–Kier alpha value is -1.99. The average Bonchev–Trinajstić information content (AvgIpc) is 3.16. The fraction of sp³-hybridized carbons (Fsp3) is 0.474. The number of piperazine rings is 1. The first kappa shape index (κ1) is 17.4. The lowest BCUT2D eigenvalue weighted by Gasteiger charge is -2.34. The van der Waals surface area contributed by atoms with E-state index in [1.807, 2.05) is 12.1 Å². The monoisotopic (exact) mass is 372 g/mol. The van der Waals surface area contributed by atoms with Crippen molar-refractivity contribution in [2.75, 3.05) is 31.1 Å². The molecule has 7 heteroatoms. The van der Waals surface area contributed by atoms with Crippen LogP contribution in [-0.2, 0) is 29.3 Å². The maximum Gasteiger partial charge on any atom is 0.243 e. The van der Waals surface area contributed by atoms with E-state index in [0.29, 0.717) is 31.1 Å². The zero-order chi connectivity index (χ0) is 18.1. The third-order valence-electron chi connectivity index (χ3n) is 5.34. The van der Waals surface area contributed by atoms with Crippen LogP contribution < -0.4 is 4.90 Å². The zero-order valence-corrected chi connectivity index (χ0v) is 15.9. The van der Waals surface area contributed by atoms with Crippen molar-refractivity contribution in [2.24, 2.45) is 0 Å². The van der Waals surface area contributed by atoms with Crippen LogP contribution in [0.2, 0.25) is 0 Å². The molecule has 0 spiro atoms. The first-order valence-corrected chi connectivity index (χ1v) is 10.7. The van der Waals surface area contributed by atoms with Gasteiger partial charge in [0.15, 0.2) is 5.82 Å². The number of hydrogen-bond donors (Lipinski definition) is 0. The smallest absolute Gasteiger partial charge is 0.243 e. The fourth-order valence-corrected chi connectivity index (χ4v) is 5.10. The summed E-state index contributed by atoms with van der Waals surface area (Å²) in [7, 11) is -3.43. The number of sulfonamides is 1. The molecule has 0 radical (unpaired) electrons. The van der Waals surface area contributed by atoms with Crippen molar-refractivity contribution >= 4 is 15.8 Å². The van der Waals surface area contributed by atoms with Gasteiger partial charge in [-0.1, -0.05) is 19.1 Å². The number of hydrogen-bond acceptors (Lipinski definition) is 5. The van der Waals surface area contributed by atoms with Crippen LogP contribution in [0.4, 0.5) is 5.82 Å². The Morgan fingerprint density at radius 2 is 1.73 bits per heavy atom. The van der Waals surface area contributed by atoms with Gasteiger partial charge in [-0.2, -0.15) is 9.40 Å². The number of fused-ring (bicyclic) bond motifs is 1. The second kappa shape index (κ2) is 6.96.